The van der Waals surface area contributed by atoms with Gasteiger partial charge in [0.05, 0.1) is 12.7 Å². The van der Waals surface area contributed by atoms with Crippen LogP contribution in [-0.2, 0) is 18.0 Å². The zero-order valence-corrected chi connectivity index (χ0v) is 26.7. The van der Waals surface area contributed by atoms with Crippen LogP contribution in [0.25, 0.3) is 32.9 Å². The molecule has 0 aliphatic carbocycles. The summed E-state index contributed by atoms with van der Waals surface area (Å²) in [6, 6.07) is 27.9. The van der Waals surface area contributed by atoms with E-state index in [0.29, 0.717) is 0 Å². The molecule has 0 unspecified atom stereocenters. The third-order valence-corrected chi connectivity index (χ3v) is 26.1. The minimum absolute atomic E-state index is 0.236. The van der Waals surface area contributed by atoms with Crippen LogP contribution >= 0.6 is 17.0 Å². The topological polar surface area (TPSA) is 35.6 Å². The van der Waals surface area contributed by atoms with Gasteiger partial charge in [-0.05, 0) is 0 Å². The van der Waals surface area contributed by atoms with Crippen LogP contribution < -0.4 is 0 Å². The van der Waals surface area contributed by atoms with E-state index in [-0.39, 0.29) is 5.43 Å². The molecule has 8 heteroatoms. The standard InChI is InChI=1S/2C12H9N2.C6H14Si.2ClH.Zr/c2*1-3-10-4-2-6-12(11(10)5-1)14-8-7-13-9-14;1-3-5-7-6-4-2;;;/h2*1-9H;3-6H2,1-2H3;2*1H;/q2*-1;;;;+2/p-2. The summed E-state index contributed by atoms with van der Waals surface area (Å²) in [7, 11) is 12.0. The van der Waals surface area contributed by atoms with E-state index in [1.807, 2.05) is 34.2 Å². The Kier molecular flexibility index (Phi) is 11.2. The molecule has 2 heterocycles. The van der Waals surface area contributed by atoms with Crippen molar-refractivity contribution in [3.05, 3.63) is 110 Å². The Hall–Kier alpha value is -2.24. The zero-order chi connectivity index (χ0) is 26.7. The van der Waals surface area contributed by atoms with Gasteiger partial charge in [-0.15, -0.1) is 57.9 Å². The van der Waals surface area contributed by atoms with Gasteiger partial charge in [0, 0.05) is 36.2 Å². The van der Waals surface area contributed by atoms with Crippen LogP contribution in [-0.4, -0.2) is 24.5 Å². The summed E-state index contributed by atoms with van der Waals surface area (Å²) < 4.78 is 4.06. The third kappa shape index (κ3) is 7.45. The SMILES string of the molecule is CCC[Si](CCC)=[Zr]([Cl])[Cl].c1cc(-n2ccnc2)c2cc[cH-]c2c1.c1cc(-n2ccnc2)c2cc[cH-]c2c1. The molecule has 0 bridgehead atoms. The predicted octanol–water partition coefficient (Wildman–Crippen LogP) is 9.21. The van der Waals surface area contributed by atoms with E-state index in [1.165, 1.54) is 57.8 Å². The largest absolute Gasteiger partial charge is 0.315 e. The average Bonchev–Trinajstić information content (AvgIpc) is 3.76. The first-order valence-electron chi connectivity index (χ1n) is 12.9. The predicted molar refractivity (Wildman–Crippen MR) is 161 cm³/mol. The molecule has 0 fully saturated rings. The zero-order valence-electron chi connectivity index (χ0n) is 21.8. The van der Waals surface area contributed by atoms with E-state index in [0.717, 1.165) is 0 Å². The number of imidazole rings is 2. The molecule has 0 saturated heterocycles. The molecule has 0 aliphatic rings. The van der Waals surface area contributed by atoms with Crippen molar-refractivity contribution in [1.29, 1.82) is 0 Å². The van der Waals surface area contributed by atoms with E-state index < -0.39 is 18.0 Å². The van der Waals surface area contributed by atoms with Gasteiger partial charge in [0.25, 0.3) is 0 Å². The fourth-order valence-corrected chi connectivity index (χ4v) is 19.5. The van der Waals surface area contributed by atoms with E-state index in [9.17, 15) is 0 Å². The minimum Gasteiger partial charge on any atom is -0.315 e. The van der Waals surface area contributed by atoms with Crippen molar-refractivity contribution in [3.8, 4) is 11.4 Å². The molecule has 0 radical (unpaired) electrons. The molecule has 38 heavy (non-hydrogen) atoms. The summed E-state index contributed by atoms with van der Waals surface area (Å²) >= 11 is -1.78. The Morgan fingerprint density at radius 2 is 1.21 bits per heavy atom. The first kappa shape index (κ1) is 28.8. The maximum atomic E-state index is 6.01. The monoisotopic (exact) mass is 636 g/mol. The van der Waals surface area contributed by atoms with Crippen molar-refractivity contribution in [2.24, 2.45) is 0 Å². The average molecular weight is 639 g/mol. The van der Waals surface area contributed by atoms with Crippen LogP contribution in [0.4, 0.5) is 0 Å². The van der Waals surface area contributed by atoms with Crippen molar-refractivity contribution in [1.82, 2.24) is 19.1 Å². The molecular weight excluding hydrogens is 607 g/mol. The van der Waals surface area contributed by atoms with Crippen LogP contribution in [0.1, 0.15) is 26.7 Å². The van der Waals surface area contributed by atoms with Gasteiger partial charge in [-0.25, -0.2) is 9.97 Å². The van der Waals surface area contributed by atoms with Crippen LogP contribution in [0.15, 0.2) is 110 Å². The fraction of sp³-hybridized carbons (Fsp3) is 0.200. The number of hydrogen-bond acceptors (Lipinski definition) is 2. The van der Waals surface area contributed by atoms with Gasteiger partial charge in [-0.2, -0.15) is 24.3 Å². The molecule has 0 aliphatic heterocycles. The molecule has 0 spiro atoms. The van der Waals surface area contributed by atoms with Gasteiger partial charge in [0.15, 0.2) is 0 Å². The van der Waals surface area contributed by atoms with Crippen LogP contribution in [0.5, 0.6) is 0 Å². The van der Waals surface area contributed by atoms with E-state index >= 15 is 0 Å². The van der Waals surface area contributed by atoms with Gasteiger partial charge >= 0.3 is 79.2 Å². The molecule has 6 aromatic rings. The van der Waals surface area contributed by atoms with E-state index in [2.05, 4.69) is 96.6 Å². The maximum absolute atomic E-state index is 6.01. The minimum atomic E-state index is -1.78. The summed E-state index contributed by atoms with van der Waals surface area (Å²) in [6.07, 6.45) is 13.7. The molecule has 196 valence electrons. The van der Waals surface area contributed by atoms with Crippen molar-refractivity contribution in [2.45, 2.75) is 38.8 Å². The second-order valence-corrected chi connectivity index (χ2v) is 29.9. The van der Waals surface area contributed by atoms with Crippen molar-refractivity contribution in [2.75, 3.05) is 0 Å². The van der Waals surface area contributed by atoms with Crippen LogP contribution in [0, 0.1) is 0 Å². The van der Waals surface area contributed by atoms with Gasteiger partial charge in [0.1, 0.15) is 0 Å². The number of aromatic nitrogens is 4. The summed E-state index contributed by atoms with van der Waals surface area (Å²) in [5.74, 6) is 0. The first-order chi connectivity index (χ1) is 18.6. The van der Waals surface area contributed by atoms with Gasteiger partial charge in [0.2, 0.25) is 0 Å². The smallest absolute Gasteiger partial charge is 0.0984 e. The summed E-state index contributed by atoms with van der Waals surface area (Å²) in [5, 5.41) is 5.09. The Labute approximate surface area is 239 Å². The van der Waals surface area contributed by atoms with E-state index in [4.69, 9.17) is 17.0 Å². The Bertz CT molecular complexity index is 1450. The molecule has 0 amide bonds. The van der Waals surface area contributed by atoms with Crippen LogP contribution in [0.3, 0.4) is 0 Å². The number of benzene rings is 2. The Balaban J connectivity index is 0.000000136. The number of halogens is 2. The molecule has 0 saturated carbocycles. The number of hydrogen-bond donors (Lipinski definition) is 0. The Morgan fingerprint density at radius 1 is 0.737 bits per heavy atom. The maximum Gasteiger partial charge on any atom is 0.0984 e. The molecule has 4 nitrogen and oxygen atoms in total. The van der Waals surface area contributed by atoms with Crippen LogP contribution in [0.2, 0.25) is 12.1 Å². The van der Waals surface area contributed by atoms with Gasteiger partial charge in [-0.1, -0.05) is 12.1 Å². The quantitative estimate of drug-likeness (QED) is 0.135. The Morgan fingerprint density at radius 3 is 1.58 bits per heavy atom. The molecule has 2 aromatic heterocycles. The number of nitrogens with zero attached hydrogens (tertiary/aromatic N) is 4. The van der Waals surface area contributed by atoms with Gasteiger partial charge < -0.3 is 9.13 Å². The normalized spacial score (nSPS) is 10.5. The third-order valence-electron chi connectivity index (χ3n) is 6.25. The molecule has 4 aromatic carbocycles. The van der Waals surface area contributed by atoms with E-state index in [1.54, 1.807) is 12.4 Å². The molecule has 6 rings (SSSR count). The molecule has 0 atom stereocenters. The number of rotatable bonds is 6. The molecular formula is C30H32Cl2N4SiZr-2. The number of fused-ring (bicyclic) bond motifs is 2. The second kappa shape index (κ2) is 14.8. The summed E-state index contributed by atoms with van der Waals surface area (Å²) in [6.45, 7) is 4.44. The first-order valence-corrected chi connectivity index (χ1v) is 24.8. The summed E-state index contributed by atoms with van der Waals surface area (Å²) in [5.41, 5.74) is 2.13. The second-order valence-electron chi connectivity index (χ2n) is 8.92. The van der Waals surface area contributed by atoms with Crippen molar-refractivity contribution < 1.29 is 18.0 Å². The fourth-order valence-electron chi connectivity index (χ4n) is 4.46. The van der Waals surface area contributed by atoms with Crippen molar-refractivity contribution in [3.63, 3.8) is 0 Å². The molecule has 0 N–H and O–H groups in total. The van der Waals surface area contributed by atoms with Gasteiger partial charge in [-0.3, -0.25) is 0 Å². The summed E-state index contributed by atoms with van der Waals surface area (Å²) in [4.78, 5) is 8.11. The van der Waals surface area contributed by atoms with Crippen molar-refractivity contribution >= 4 is 44.0 Å².